The first-order valence-corrected chi connectivity index (χ1v) is 5.25. The molecule has 14 heavy (non-hydrogen) atoms. The van der Waals surface area contributed by atoms with Gasteiger partial charge in [0, 0.05) is 29.9 Å². The lowest BCUT2D eigenvalue weighted by Gasteiger charge is -2.27. The molecule has 0 amide bonds. The van der Waals surface area contributed by atoms with E-state index >= 15 is 0 Å². The Labute approximate surface area is 86.3 Å². The standard InChI is InChI=1S/C11H21N3/c1-5-14-10(6-7-13-14)11(3,4)8-9(2)12/h6-7,9H,5,8,12H2,1-4H3. The van der Waals surface area contributed by atoms with Crippen LogP contribution < -0.4 is 5.73 Å². The summed E-state index contributed by atoms with van der Waals surface area (Å²) < 4.78 is 2.04. The second kappa shape index (κ2) is 4.13. The van der Waals surface area contributed by atoms with Gasteiger partial charge < -0.3 is 5.73 Å². The normalized spacial score (nSPS) is 14.4. The smallest absolute Gasteiger partial charge is 0.0492 e. The van der Waals surface area contributed by atoms with Gasteiger partial charge in [-0.2, -0.15) is 5.10 Å². The molecule has 1 atom stereocenters. The number of hydrogen-bond donors (Lipinski definition) is 1. The summed E-state index contributed by atoms with van der Waals surface area (Å²) in [6.45, 7) is 9.52. The maximum absolute atomic E-state index is 5.85. The van der Waals surface area contributed by atoms with Crippen LogP contribution in [0.5, 0.6) is 0 Å². The highest BCUT2D eigenvalue weighted by atomic mass is 15.3. The molecular weight excluding hydrogens is 174 g/mol. The van der Waals surface area contributed by atoms with E-state index in [4.69, 9.17) is 5.73 Å². The Morgan fingerprint density at radius 3 is 2.71 bits per heavy atom. The average Bonchev–Trinajstić information content (AvgIpc) is 2.48. The highest BCUT2D eigenvalue weighted by molar-refractivity contribution is 5.14. The van der Waals surface area contributed by atoms with Gasteiger partial charge in [0.1, 0.15) is 0 Å². The van der Waals surface area contributed by atoms with Crippen LogP contribution in [0.15, 0.2) is 12.3 Å². The fourth-order valence-corrected chi connectivity index (χ4v) is 2.07. The molecule has 0 radical (unpaired) electrons. The van der Waals surface area contributed by atoms with Crippen LogP contribution in [0.1, 0.15) is 39.8 Å². The molecule has 80 valence electrons. The van der Waals surface area contributed by atoms with Crippen molar-refractivity contribution < 1.29 is 0 Å². The molecule has 0 aromatic carbocycles. The number of nitrogens with zero attached hydrogens (tertiary/aromatic N) is 2. The summed E-state index contributed by atoms with van der Waals surface area (Å²) in [5, 5.41) is 4.28. The van der Waals surface area contributed by atoms with Crippen LogP contribution >= 0.6 is 0 Å². The van der Waals surface area contributed by atoms with E-state index in [0.29, 0.717) is 0 Å². The van der Waals surface area contributed by atoms with E-state index in [0.717, 1.165) is 13.0 Å². The van der Waals surface area contributed by atoms with E-state index in [9.17, 15) is 0 Å². The highest BCUT2D eigenvalue weighted by Gasteiger charge is 2.25. The predicted molar refractivity (Wildman–Crippen MR) is 59.2 cm³/mol. The predicted octanol–water partition coefficient (Wildman–Crippen LogP) is 1.92. The van der Waals surface area contributed by atoms with Crippen molar-refractivity contribution in [3.63, 3.8) is 0 Å². The molecule has 2 N–H and O–H groups in total. The summed E-state index contributed by atoms with van der Waals surface area (Å²) in [5.41, 5.74) is 7.23. The van der Waals surface area contributed by atoms with Gasteiger partial charge in [-0.05, 0) is 26.3 Å². The molecule has 0 fully saturated rings. The lowest BCUT2D eigenvalue weighted by atomic mass is 9.83. The Bertz CT molecular complexity index is 286. The Balaban J connectivity index is 2.90. The van der Waals surface area contributed by atoms with Gasteiger partial charge in [-0.3, -0.25) is 4.68 Å². The van der Waals surface area contributed by atoms with E-state index in [1.165, 1.54) is 5.69 Å². The molecule has 3 heteroatoms. The minimum Gasteiger partial charge on any atom is -0.328 e. The molecule has 0 spiro atoms. The SMILES string of the molecule is CCn1nccc1C(C)(C)CC(C)N. The Morgan fingerprint density at radius 2 is 2.21 bits per heavy atom. The summed E-state index contributed by atoms with van der Waals surface area (Å²) in [7, 11) is 0. The van der Waals surface area contributed by atoms with Gasteiger partial charge in [0.05, 0.1) is 0 Å². The lowest BCUT2D eigenvalue weighted by Crippen LogP contribution is -2.30. The maximum Gasteiger partial charge on any atom is 0.0492 e. The first kappa shape index (κ1) is 11.2. The van der Waals surface area contributed by atoms with Crippen LogP contribution in [-0.2, 0) is 12.0 Å². The van der Waals surface area contributed by atoms with Crippen molar-refractivity contribution in [3.8, 4) is 0 Å². The van der Waals surface area contributed by atoms with Crippen LogP contribution in [0, 0.1) is 0 Å². The molecule has 0 saturated carbocycles. The zero-order chi connectivity index (χ0) is 10.8. The zero-order valence-electron chi connectivity index (χ0n) is 9.62. The Morgan fingerprint density at radius 1 is 1.57 bits per heavy atom. The molecular formula is C11H21N3. The third-order valence-electron chi connectivity index (χ3n) is 2.54. The molecule has 3 nitrogen and oxygen atoms in total. The van der Waals surface area contributed by atoms with Crippen molar-refractivity contribution >= 4 is 0 Å². The molecule has 1 rings (SSSR count). The number of aryl methyl sites for hydroxylation is 1. The quantitative estimate of drug-likeness (QED) is 0.797. The summed E-state index contributed by atoms with van der Waals surface area (Å²) in [4.78, 5) is 0. The van der Waals surface area contributed by atoms with Crippen molar-refractivity contribution in [1.82, 2.24) is 9.78 Å². The first-order chi connectivity index (χ1) is 6.47. The van der Waals surface area contributed by atoms with Gasteiger partial charge in [-0.15, -0.1) is 0 Å². The van der Waals surface area contributed by atoms with Crippen molar-refractivity contribution in [2.24, 2.45) is 5.73 Å². The van der Waals surface area contributed by atoms with Gasteiger partial charge >= 0.3 is 0 Å². The summed E-state index contributed by atoms with van der Waals surface area (Å²) in [5.74, 6) is 0. The minimum absolute atomic E-state index is 0.112. The molecule has 0 aliphatic rings. The van der Waals surface area contributed by atoms with Crippen molar-refractivity contribution in [2.45, 2.75) is 52.1 Å². The third-order valence-corrected chi connectivity index (χ3v) is 2.54. The van der Waals surface area contributed by atoms with E-state index in [1.807, 2.05) is 10.9 Å². The first-order valence-electron chi connectivity index (χ1n) is 5.25. The molecule has 1 heterocycles. The van der Waals surface area contributed by atoms with E-state index in [-0.39, 0.29) is 11.5 Å². The van der Waals surface area contributed by atoms with Gasteiger partial charge in [-0.25, -0.2) is 0 Å². The monoisotopic (exact) mass is 195 g/mol. The van der Waals surface area contributed by atoms with Crippen LogP contribution in [0.4, 0.5) is 0 Å². The molecule has 1 unspecified atom stereocenters. The van der Waals surface area contributed by atoms with Gasteiger partial charge in [0.15, 0.2) is 0 Å². The molecule has 0 aliphatic carbocycles. The van der Waals surface area contributed by atoms with E-state index < -0.39 is 0 Å². The molecule has 1 aromatic rings. The van der Waals surface area contributed by atoms with Gasteiger partial charge in [0.25, 0.3) is 0 Å². The van der Waals surface area contributed by atoms with Crippen LogP contribution in [0.2, 0.25) is 0 Å². The highest BCUT2D eigenvalue weighted by Crippen LogP contribution is 2.27. The second-order valence-corrected chi connectivity index (χ2v) is 4.60. The van der Waals surface area contributed by atoms with Crippen LogP contribution in [0.25, 0.3) is 0 Å². The fraction of sp³-hybridized carbons (Fsp3) is 0.727. The summed E-state index contributed by atoms with van der Waals surface area (Å²) in [6.07, 6.45) is 2.85. The Kier molecular flexibility index (Phi) is 3.32. The van der Waals surface area contributed by atoms with E-state index in [2.05, 4.69) is 38.9 Å². The number of aromatic nitrogens is 2. The van der Waals surface area contributed by atoms with E-state index in [1.54, 1.807) is 0 Å². The number of rotatable bonds is 4. The fourth-order valence-electron chi connectivity index (χ4n) is 2.07. The number of nitrogens with two attached hydrogens (primary N) is 1. The van der Waals surface area contributed by atoms with Crippen molar-refractivity contribution in [1.29, 1.82) is 0 Å². The van der Waals surface area contributed by atoms with Crippen molar-refractivity contribution in [2.75, 3.05) is 0 Å². The van der Waals surface area contributed by atoms with Gasteiger partial charge in [0.2, 0.25) is 0 Å². The third kappa shape index (κ3) is 2.35. The molecule has 1 aromatic heterocycles. The lowest BCUT2D eigenvalue weighted by molar-refractivity contribution is 0.400. The molecule has 0 aliphatic heterocycles. The number of hydrogen-bond acceptors (Lipinski definition) is 2. The second-order valence-electron chi connectivity index (χ2n) is 4.60. The van der Waals surface area contributed by atoms with Gasteiger partial charge in [-0.1, -0.05) is 13.8 Å². The van der Waals surface area contributed by atoms with Crippen molar-refractivity contribution in [3.05, 3.63) is 18.0 Å². The molecule has 0 saturated heterocycles. The van der Waals surface area contributed by atoms with Crippen LogP contribution in [-0.4, -0.2) is 15.8 Å². The zero-order valence-corrected chi connectivity index (χ0v) is 9.62. The maximum atomic E-state index is 5.85. The van der Waals surface area contributed by atoms with Crippen LogP contribution in [0.3, 0.4) is 0 Å². The largest absolute Gasteiger partial charge is 0.328 e. The molecule has 0 bridgehead atoms. The summed E-state index contributed by atoms with van der Waals surface area (Å²) >= 11 is 0. The average molecular weight is 195 g/mol. The Hall–Kier alpha value is -0.830. The topological polar surface area (TPSA) is 43.8 Å². The summed E-state index contributed by atoms with van der Waals surface area (Å²) in [6, 6.07) is 2.32. The minimum atomic E-state index is 0.112.